The lowest BCUT2D eigenvalue weighted by Crippen LogP contribution is -2.47. The van der Waals surface area contributed by atoms with Crippen molar-refractivity contribution in [1.29, 1.82) is 0 Å². The largest absolute Gasteiger partial charge is 0.335 e. The number of para-hydroxylation sites is 1. The third-order valence-electron chi connectivity index (χ3n) is 5.52. The third kappa shape index (κ3) is 4.63. The van der Waals surface area contributed by atoms with Crippen LogP contribution >= 0.6 is 11.8 Å². The Bertz CT molecular complexity index is 980. The lowest BCUT2D eigenvalue weighted by atomic mass is 9.96. The number of nitrogens with one attached hydrogen (secondary N) is 2. The zero-order chi connectivity index (χ0) is 20.4. The van der Waals surface area contributed by atoms with E-state index < -0.39 is 11.3 Å². The predicted octanol–water partition coefficient (Wildman–Crippen LogP) is 3.37. The lowest BCUT2D eigenvalue weighted by Gasteiger charge is -2.23. The van der Waals surface area contributed by atoms with Crippen molar-refractivity contribution in [3.05, 3.63) is 34.6 Å². The maximum absolute atomic E-state index is 12.9. The number of thioether (sulfide) groups is 1. The van der Waals surface area contributed by atoms with Gasteiger partial charge in [0.25, 0.3) is 5.56 Å². The number of aromatic nitrogens is 2. The first kappa shape index (κ1) is 19.9. The molecule has 2 aliphatic rings. The van der Waals surface area contributed by atoms with Crippen LogP contribution in [0.2, 0.25) is 0 Å². The summed E-state index contributed by atoms with van der Waals surface area (Å²) in [5.74, 6) is -0.381. The molecule has 1 atom stereocenters. The molecule has 0 saturated heterocycles. The molecule has 3 amide bonds. The van der Waals surface area contributed by atoms with E-state index in [0.717, 1.165) is 38.5 Å². The highest BCUT2D eigenvalue weighted by atomic mass is 32.2. The molecular formula is C21H26N4O3S. The van der Waals surface area contributed by atoms with E-state index >= 15 is 0 Å². The minimum Gasteiger partial charge on any atom is -0.335 e. The molecule has 0 spiro atoms. The number of urea groups is 1. The molecule has 4 rings (SSSR count). The van der Waals surface area contributed by atoms with Crippen molar-refractivity contribution < 1.29 is 9.59 Å². The van der Waals surface area contributed by atoms with Crippen molar-refractivity contribution in [3.8, 4) is 0 Å². The summed E-state index contributed by atoms with van der Waals surface area (Å²) in [6, 6.07) is 7.10. The van der Waals surface area contributed by atoms with Gasteiger partial charge in [0.15, 0.2) is 5.16 Å². The van der Waals surface area contributed by atoms with Crippen molar-refractivity contribution in [2.75, 3.05) is 0 Å². The molecular weight excluding hydrogens is 388 g/mol. The number of hydrogen-bond acceptors (Lipinski definition) is 5. The standard InChI is InChI=1S/C21H26N4O3S/c1-13(18(26)24-20(28)22-14-7-3-2-4-8-14)29-21-23-17-10-6-5-9-16(17)19(27)25(21)15-11-12-15/h5-6,9-10,13-15H,2-4,7-8,11-12H2,1H3,(H2,22,24,26,28)/t13-/m0/s1. The number of rotatable bonds is 5. The minimum atomic E-state index is -0.551. The van der Waals surface area contributed by atoms with E-state index in [4.69, 9.17) is 0 Å². The maximum atomic E-state index is 12.9. The SMILES string of the molecule is C[C@H](Sc1nc2ccccc2c(=O)n1C1CC1)C(=O)NC(=O)NC1CCCCC1. The summed E-state index contributed by atoms with van der Waals surface area (Å²) in [5, 5.41) is 5.90. The highest BCUT2D eigenvalue weighted by Crippen LogP contribution is 2.37. The third-order valence-corrected chi connectivity index (χ3v) is 6.58. The topological polar surface area (TPSA) is 93.1 Å². The van der Waals surface area contributed by atoms with Crippen molar-refractivity contribution in [3.63, 3.8) is 0 Å². The molecule has 0 aliphatic heterocycles. The monoisotopic (exact) mass is 414 g/mol. The quantitative estimate of drug-likeness (QED) is 0.578. The van der Waals surface area contributed by atoms with Gasteiger partial charge in [-0.25, -0.2) is 9.78 Å². The molecule has 0 bridgehead atoms. The number of amides is 3. The van der Waals surface area contributed by atoms with Gasteiger partial charge in [0, 0.05) is 12.1 Å². The molecule has 0 radical (unpaired) electrons. The summed E-state index contributed by atoms with van der Waals surface area (Å²) in [7, 11) is 0. The second kappa shape index (κ2) is 8.57. The van der Waals surface area contributed by atoms with Gasteiger partial charge < -0.3 is 5.32 Å². The van der Waals surface area contributed by atoms with Crippen molar-refractivity contribution >= 4 is 34.6 Å². The van der Waals surface area contributed by atoms with Gasteiger partial charge in [0.05, 0.1) is 16.2 Å². The number of nitrogens with zero attached hydrogens (tertiary/aromatic N) is 2. The molecule has 29 heavy (non-hydrogen) atoms. The Morgan fingerprint density at radius 1 is 1.14 bits per heavy atom. The van der Waals surface area contributed by atoms with Crippen LogP contribution < -0.4 is 16.2 Å². The van der Waals surface area contributed by atoms with Crippen LogP contribution in [0.5, 0.6) is 0 Å². The molecule has 7 nitrogen and oxygen atoms in total. The molecule has 2 N–H and O–H groups in total. The first-order chi connectivity index (χ1) is 14.0. The van der Waals surface area contributed by atoms with Crippen LogP contribution in [0.3, 0.4) is 0 Å². The van der Waals surface area contributed by atoms with Crippen LogP contribution in [-0.2, 0) is 4.79 Å². The molecule has 1 aromatic heterocycles. The normalized spacial score (nSPS) is 18.4. The smallest absolute Gasteiger partial charge is 0.321 e. The van der Waals surface area contributed by atoms with E-state index in [1.54, 1.807) is 23.6 Å². The van der Waals surface area contributed by atoms with E-state index in [-0.39, 0.29) is 23.6 Å². The first-order valence-electron chi connectivity index (χ1n) is 10.3. The van der Waals surface area contributed by atoms with E-state index in [2.05, 4.69) is 15.6 Å². The van der Waals surface area contributed by atoms with Gasteiger partial charge in [-0.3, -0.25) is 19.5 Å². The molecule has 2 saturated carbocycles. The number of fused-ring (bicyclic) bond motifs is 1. The highest BCUT2D eigenvalue weighted by molar-refractivity contribution is 8.00. The van der Waals surface area contributed by atoms with Crippen molar-refractivity contribution in [1.82, 2.24) is 20.2 Å². The number of benzene rings is 1. The molecule has 1 heterocycles. The first-order valence-corrected chi connectivity index (χ1v) is 11.2. The average molecular weight is 415 g/mol. The van der Waals surface area contributed by atoms with Crippen LogP contribution in [0.4, 0.5) is 4.79 Å². The zero-order valence-electron chi connectivity index (χ0n) is 16.5. The summed E-state index contributed by atoms with van der Waals surface area (Å²) < 4.78 is 1.71. The Hall–Kier alpha value is -2.35. The van der Waals surface area contributed by atoms with Gasteiger partial charge >= 0.3 is 6.03 Å². The van der Waals surface area contributed by atoms with E-state index in [1.165, 1.54) is 18.2 Å². The van der Waals surface area contributed by atoms with Gasteiger partial charge in [-0.15, -0.1) is 0 Å². The van der Waals surface area contributed by atoms with Gasteiger partial charge in [0.2, 0.25) is 5.91 Å². The van der Waals surface area contributed by atoms with Crippen LogP contribution in [0.1, 0.15) is 57.9 Å². The Kier molecular flexibility index (Phi) is 5.89. The Morgan fingerprint density at radius 3 is 2.59 bits per heavy atom. The van der Waals surface area contributed by atoms with Crippen molar-refractivity contribution in [2.45, 2.75) is 74.4 Å². The fourth-order valence-corrected chi connectivity index (χ4v) is 4.74. The summed E-state index contributed by atoms with van der Waals surface area (Å²) in [4.78, 5) is 42.3. The van der Waals surface area contributed by atoms with Gasteiger partial charge in [-0.2, -0.15) is 0 Å². The van der Waals surface area contributed by atoms with Crippen LogP contribution in [0, 0.1) is 0 Å². The second-order valence-electron chi connectivity index (χ2n) is 7.88. The fourth-order valence-electron chi connectivity index (χ4n) is 3.76. The fraction of sp³-hybridized carbons (Fsp3) is 0.524. The van der Waals surface area contributed by atoms with E-state index in [9.17, 15) is 14.4 Å². The molecule has 2 aromatic rings. The maximum Gasteiger partial charge on any atom is 0.321 e. The Balaban J connectivity index is 1.46. The number of hydrogen-bond donors (Lipinski definition) is 2. The lowest BCUT2D eigenvalue weighted by molar-refractivity contribution is -0.119. The van der Waals surface area contributed by atoms with E-state index in [0.29, 0.717) is 16.1 Å². The van der Waals surface area contributed by atoms with Crippen LogP contribution in [-0.4, -0.2) is 32.8 Å². The Morgan fingerprint density at radius 2 is 1.86 bits per heavy atom. The van der Waals surface area contributed by atoms with Gasteiger partial charge in [-0.1, -0.05) is 43.2 Å². The second-order valence-corrected chi connectivity index (χ2v) is 9.18. The summed E-state index contributed by atoms with van der Waals surface area (Å²) in [6.07, 6.45) is 7.22. The van der Waals surface area contributed by atoms with E-state index in [1.807, 2.05) is 12.1 Å². The highest BCUT2D eigenvalue weighted by Gasteiger charge is 2.30. The van der Waals surface area contributed by atoms with Crippen LogP contribution in [0.25, 0.3) is 10.9 Å². The number of carbonyl (C=O) groups excluding carboxylic acids is 2. The molecule has 8 heteroatoms. The van der Waals surface area contributed by atoms with Crippen molar-refractivity contribution in [2.24, 2.45) is 0 Å². The van der Waals surface area contributed by atoms with Crippen LogP contribution in [0.15, 0.2) is 34.2 Å². The molecule has 154 valence electrons. The molecule has 1 aromatic carbocycles. The van der Waals surface area contributed by atoms with Gasteiger partial charge in [0.1, 0.15) is 0 Å². The summed E-state index contributed by atoms with van der Waals surface area (Å²) in [5.41, 5.74) is 0.558. The number of carbonyl (C=O) groups is 2. The summed E-state index contributed by atoms with van der Waals surface area (Å²) in [6.45, 7) is 1.73. The molecule has 2 aliphatic carbocycles. The number of imide groups is 1. The Labute approximate surface area is 173 Å². The zero-order valence-corrected chi connectivity index (χ0v) is 17.3. The minimum absolute atomic E-state index is 0.0664. The molecule has 2 fully saturated rings. The average Bonchev–Trinajstić information content (AvgIpc) is 3.54. The van der Waals surface area contributed by atoms with Gasteiger partial charge in [-0.05, 0) is 44.7 Å². The predicted molar refractivity (Wildman–Crippen MR) is 113 cm³/mol. The molecule has 0 unspecified atom stereocenters. The summed E-state index contributed by atoms with van der Waals surface area (Å²) >= 11 is 1.22.